The monoisotopic (exact) mass is 366 g/mol. The molecule has 0 aliphatic carbocycles. The zero-order chi connectivity index (χ0) is 18.7. The second kappa shape index (κ2) is 8.35. The van der Waals surface area contributed by atoms with Crippen LogP contribution in [0.4, 0.5) is 0 Å². The van der Waals surface area contributed by atoms with Gasteiger partial charge in [-0.15, -0.1) is 0 Å². The first-order valence-electron chi connectivity index (χ1n) is 9.60. The molecular weight excluding hydrogens is 336 g/mol. The van der Waals surface area contributed by atoms with Crippen LogP contribution in [0.2, 0.25) is 0 Å². The van der Waals surface area contributed by atoms with Gasteiger partial charge in [0, 0.05) is 38.1 Å². The molecule has 8 nitrogen and oxygen atoms in total. The summed E-state index contributed by atoms with van der Waals surface area (Å²) < 4.78 is 4.79. The van der Waals surface area contributed by atoms with Crippen LogP contribution >= 0.6 is 0 Å². The third kappa shape index (κ3) is 4.01. The van der Waals surface area contributed by atoms with Crippen LogP contribution in [0, 0.1) is 5.92 Å². The number of nitrogens with one attached hydrogen (secondary N) is 2. The summed E-state index contributed by atoms with van der Waals surface area (Å²) in [5, 5.41) is 6.27. The van der Waals surface area contributed by atoms with E-state index < -0.39 is 0 Å². The van der Waals surface area contributed by atoms with Gasteiger partial charge in [-0.3, -0.25) is 19.3 Å². The summed E-state index contributed by atoms with van der Waals surface area (Å²) in [6.45, 7) is 2.67. The molecule has 3 heterocycles. The molecule has 0 unspecified atom stereocenters. The van der Waals surface area contributed by atoms with Crippen LogP contribution in [0.3, 0.4) is 0 Å². The molecule has 146 valence electrons. The molecule has 3 saturated heterocycles. The van der Waals surface area contributed by atoms with Crippen molar-refractivity contribution in [1.29, 1.82) is 0 Å². The maximum Gasteiger partial charge on any atom is 0.308 e. The first kappa shape index (κ1) is 19.1. The molecule has 3 aliphatic heterocycles. The van der Waals surface area contributed by atoms with Crippen molar-refractivity contribution in [3.63, 3.8) is 0 Å². The highest BCUT2D eigenvalue weighted by molar-refractivity contribution is 5.83. The Labute approximate surface area is 154 Å². The van der Waals surface area contributed by atoms with Crippen LogP contribution in [0.15, 0.2) is 0 Å². The van der Waals surface area contributed by atoms with Gasteiger partial charge in [-0.2, -0.15) is 0 Å². The zero-order valence-corrected chi connectivity index (χ0v) is 15.7. The van der Waals surface area contributed by atoms with Crippen molar-refractivity contribution >= 4 is 17.8 Å². The number of carbonyl (C=O) groups is 3. The summed E-state index contributed by atoms with van der Waals surface area (Å²) in [4.78, 5) is 40.4. The number of rotatable bonds is 4. The minimum absolute atomic E-state index is 0.0676. The van der Waals surface area contributed by atoms with Crippen molar-refractivity contribution in [3.8, 4) is 0 Å². The Hall–Kier alpha value is -1.67. The highest BCUT2D eigenvalue weighted by Crippen LogP contribution is 2.23. The van der Waals surface area contributed by atoms with Crippen molar-refractivity contribution < 1.29 is 19.1 Å². The molecule has 0 saturated carbocycles. The Morgan fingerprint density at radius 2 is 1.96 bits per heavy atom. The third-order valence-electron chi connectivity index (χ3n) is 6.16. The second-order valence-electron chi connectivity index (χ2n) is 7.57. The molecule has 2 N–H and O–H groups in total. The van der Waals surface area contributed by atoms with Crippen molar-refractivity contribution in [1.82, 2.24) is 20.4 Å². The van der Waals surface area contributed by atoms with E-state index in [4.69, 9.17) is 4.74 Å². The van der Waals surface area contributed by atoms with Gasteiger partial charge in [-0.1, -0.05) is 0 Å². The highest BCUT2D eigenvalue weighted by atomic mass is 16.5. The minimum Gasteiger partial charge on any atom is -0.469 e. The van der Waals surface area contributed by atoms with Gasteiger partial charge in [0.25, 0.3) is 0 Å². The molecule has 8 heteroatoms. The zero-order valence-electron chi connectivity index (χ0n) is 15.7. The smallest absolute Gasteiger partial charge is 0.308 e. The van der Waals surface area contributed by atoms with Gasteiger partial charge < -0.3 is 20.3 Å². The number of hydrogen-bond acceptors (Lipinski definition) is 6. The normalized spacial score (nSPS) is 30.5. The van der Waals surface area contributed by atoms with Crippen LogP contribution < -0.4 is 10.6 Å². The van der Waals surface area contributed by atoms with Gasteiger partial charge in [-0.25, -0.2) is 0 Å². The standard InChI is InChI=1S/C18H30N4O4/c1-21-13(11-20-17(24)16-14(21)5-8-19-16)3-4-15(23)22-9-6-12(7-10-22)18(25)26-2/h12-14,16,19H,3-11H2,1-2H3,(H,20,24)/t13-,14+,16-/m0/s1. The lowest BCUT2D eigenvalue weighted by atomic mass is 9.96. The number of fused-ring (bicyclic) bond motifs is 1. The maximum atomic E-state index is 12.6. The minimum atomic E-state index is -0.173. The van der Waals surface area contributed by atoms with Gasteiger partial charge in [0.15, 0.2) is 0 Å². The number of esters is 1. The quantitative estimate of drug-likeness (QED) is 0.642. The molecule has 26 heavy (non-hydrogen) atoms. The maximum absolute atomic E-state index is 12.6. The van der Waals surface area contributed by atoms with Crippen LogP contribution in [-0.4, -0.2) is 86.0 Å². The molecule has 2 amide bonds. The summed E-state index contributed by atoms with van der Waals surface area (Å²) in [6.07, 6.45) is 3.51. The van der Waals surface area contributed by atoms with Crippen molar-refractivity contribution in [2.75, 3.05) is 40.3 Å². The van der Waals surface area contributed by atoms with E-state index in [1.165, 1.54) is 7.11 Å². The number of methoxy groups -OCH3 is 1. The molecule has 0 bridgehead atoms. The number of likely N-dealkylation sites (N-methyl/N-ethyl adjacent to an activating group) is 1. The lowest BCUT2D eigenvalue weighted by Crippen LogP contribution is -2.48. The number of likely N-dealkylation sites (tertiary alicyclic amines) is 1. The van der Waals surface area contributed by atoms with E-state index >= 15 is 0 Å². The van der Waals surface area contributed by atoms with Crippen LogP contribution in [0.5, 0.6) is 0 Å². The number of nitrogens with zero attached hydrogens (tertiary/aromatic N) is 2. The topological polar surface area (TPSA) is 91.0 Å². The van der Waals surface area contributed by atoms with E-state index in [0.29, 0.717) is 38.9 Å². The molecule has 3 fully saturated rings. The van der Waals surface area contributed by atoms with E-state index in [1.807, 2.05) is 4.90 Å². The summed E-state index contributed by atoms with van der Waals surface area (Å²) in [5.74, 6) is -0.0526. The Morgan fingerprint density at radius 3 is 2.65 bits per heavy atom. The SMILES string of the molecule is COC(=O)C1CCN(C(=O)CC[C@H]2CNC(=O)[C@H]3NCC[C@H]3N2C)CC1. The lowest BCUT2D eigenvalue weighted by molar-refractivity contribution is -0.149. The Kier molecular flexibility index (Phi) is 6.13. The van der Waals surface area contributed by atoms with Crippen molar-refractivity contribution in [2.24, 2.45) is 5.92 Å². The molecule has 3 rings (SSSR count). The molecule has 3 atom stereocenters. The Balaban J connectivity index is 1.48. The number of carbonyl (C=O) groups excluding carboxylic acids is 3. The van der Waals surface area contributed by atoms with E-state index in [-0.39, 0.29) is 41.8 Å². The third-order valence-corrected chi connectivity index (χ3v) is 6.16. The molecule has 0 spiro atoms. The first-order valence-corrected chi connectivity index (χ1v) is 9.60. The fourth-order valence-corrected chi connectivity index (χ4v) is 4.42. The first-order chi connectivity index (χ1) is 12.5. The molecule has 0 aromatic heterocycles. The Morgan fingerprint density at radius 1 is 1.23 bits per heavy atom. The summed E-state index contributed by atoms with van der Waals surface area (Å²) >= 11 is 0. The lowest BCUT2D eigenvalue weighted by Gasteiger charge is -2.33. The number of amides is 2. The number of piperidine rings is 1. The van der Waals surface area contributed by atoms with Crippen LogP contribution in [0.25, 0.3) is 0 Å². The number of ether oxygens (including phenoxy) is 1. The Bertz CT molecular complexity index is 547. The van der Waals surface area contributed by atoms with Gasteiger partial charge in [0.1, 0.15) is 6.04 Å². The predicted molar refractivity (Wildman–Crippen MR) is 95.3 cm³/mol. The van der Waals surface area contributed by atoms with Gasteiger partial charge in [0.05, 0.1) is 13.0 Å². The fraction of sp³-hybridized carbons (Fsp3) is 0.833. The summed E-state index contributed by atoms with van der Waals surface area (Å²) in [5.41, 5.74) is 0. The van der Waals surface area contributed by atoms with E-state index in [9.17, 15) is 14.4 Å². The largest absolute Gasteiger partial charge is 0.469 e. The molecule has 3 aliphatic rings. The van der Waals surface area contributed by atoms with Gasteiger partial charge in [-0.05, 0) is 39.3 Å². The average molecular weight is 366 g/mol. The number of hydrogen-bond donors (Lipinski definition) is 2. The molecular formula is C18H30N4O4. The predicted octanol–water partition coefficient (Wildman–Crippen LogP) is -0.661. The van der Waals surface area contributed by atoms with Gasteiger partial charge >= 0.3 is 5.97 Å². The van der Waals surface area contributed by atoms with Crippen molar-refractivity contribution in [2.45, 2.75) is 50.2 Å². The highest BCUT2D eigenvalue weighted by Gasteiger charge is 2.40. The summed E-state index contributed by atoms with van der Waals surface area (Å²) in [6, 6.07) is 0.233. The molecule has 0 aromatic carbocycles. The molecule has 0 radical (unpaired) electrons. The van der Waals surface area contributed by atoms with E-state index in [0.717, 1.165) is 19.4 Å². The van der Waals surface area contributed by atoms with E-state index in [1.54, 1.807) is 0 Å². The van der Waals surface area contributed by atoms with Crippen LogP contribution in [-0.2, 0) is 19.1 Å². The fourth-order valence-electron chi connectivity index (χ4n) is 4.42. The average Bonchev–Trinajstić information content (AvgIpc) is 3.12. The van der Waals surface area contributed by atoms with Crippen molar-refractivity contribution in [3.05, 3.63) is 0 Å². The van der Waals surface area contributed by atoms with Crippen LogP contribution in [0.1, 0.15) is 32.1 Å². The second-order valence-corrected chi connectivity index (χ2v) is 7.57. The molecule has 0 aromatic rings. The summed E-state index contributed by atoms with van der Waals surface area (Å²) in [7, 11) is 3.47. The van der Waals surface area contributed by atoms with E-state index in [2.05, 4.69) is 22.6 Å². The van der Waals surface area contributed by atoms with Gasteiger partial charge in [0.2, 0.25) is 11.8 Å².